The number of halogens is 1. The van der Waals surface area contributed by atoms with Crippen LogP contribution in [0.2, 0.25) is 0 Å². The first-order valence-electron chi connectivity index (χ1n) is 5.62. The van der Waals surface area contributed by atoms with Crippen molar-refractivity contribution in [1.29, 1.82) is 0 Å². The predicted octanol–water partition coefficient (Wildman–Crippen LogP) is 0.829. The number of carbonyl (C=O) groups is 1. The van der Waals surface area contributed by atoms with E-state index in [4.69, 9.17) is 4.74 Å². The molecule has 2 unspecified atom stereocenters. The Morgan fingerprint density at radius 1 is 1.72 bits per heavy atom. The molecule has 2 heterocycles. The van der Waals surface area contributed by atoms with Crippen LogP contribution in [0.4, 0.5) is 0 Å². The molecule has 1 saturated heterocycles. The van der Waals surface area contributed by atoms with Crippen molar-refractivity contribution in [3.05, 3.63) is 14.7 Å². The van der Waals surface area contributed by atoms with Crippen LogP contribution in [0.15, 0.2) is 9.85 Å². The summed E-state index contributed by atoms with van der Waals surface area (Å²) in [5.74, 6) is 0.607. The van der Waals surface area contributed by atoms with Crippen molar-refractivity contribution in [2.45, 2.75) is 6.10 Å². The van der Waals surface area contributed by atoms with Gasteiger partial charge >= 0.3 is 0 Å². The third-order valence-corrected chi connectivity index (χ3v) is 4.71. The Balaban J connectivity index is 1.91. The zero-order chi connectivity index (χ0) is 13.1. The Hall–Kier alpha value is -0.630. The van der Waals surface area contributed by atoms with Gasteiger partial charge in [0.15, 0.2) is 0 Å². The number of hydrogen-bond acceptors (Lipinski definition) is 5. The van der Waals surface area contributed by atoms with Gasteiger partial charge in [-0.15, -0.1) is 11.3 Å². The summed E-state index contributed by atoms with van der Waals surface area (Å²) < 4.78 is 5.91. The molecule has 2 atom stereocenters. The second-order valence-electron chi connectivity index (χ2n) is 4.15. The molecule has 1 aliphatic heterocycles. The van der Waals surface area contributed by atoms with E-state index in [0.29, 0.717) is 23.7 Å². The van der Waals surface area contributed by atoms with Gasteiger partial charge in [0, 0.05) is 31.6 Å². The smallest absolute Gasteiger partial charge is 0.261 e. The molecule has 1 aliphatic rings. The number of aliphatic hydroxyl groups excluding tert-OH is 1. The van der Waals surface area contributed by atoms with Crippen LogP contribution < -0.4 is 15.4 Å². The van der Waals surface area contributed by atoms with Gasteiger partial charge in [-0.05, 0) is 15.9 Å². The molecule has 2 rings (SSSR count). The van der Waals surface area contributed by atoms with Gasteiger partial charge in [0.05, 0.1) is 18.1 Å². The van der Waals surface area contributed by atoms with Crippen LogP contribution in [0.1, 0.15) is 9.67 Å². The molecule has 100 valence electrons. The molecule has 0 bridgehead atoms. The van der Waals surface area contributed by atoms with Crippen LogP contribution in [0, 0.1) is 5.92 Å². The van der Waals surface area contributed by atoms with E-state index in [1.165, 1.54) is 11.3 Å². The quantitative estimate of drug-likeness (QED) is 0.762. The first-order chi connectivity index (χ1) is 8.61. The topological polar surface area (TPSA) is 70.6 Å². The molecule has 0 saturated carbocycles. The number of carbonyl (C=O) groups excluding carboxylic acids is 1. The number of β-amino-alcohol motifs (C(OH)–C–C–N with tert-alkyl or cyclic N) is 1. The summed E-state index contributed by atoms with van der Waals surface area (Å²) in [6, 6.07) is 1.70. The molecule has 1 amide bonds. The number of aliphatic hydroxyl groups is 1. The predicted molar refractivity (Wildman–Crippen MR) is 73.3 cm³/mol. The number of ether oxygens (including phenoxy) is 1. The van der Waals surface area contributed by atoms with Crippen LogP contribution >= 0.6 is 27.3 Å². The zero-order valence-corrected chi connectivity index (χ0v) is 12.3. The number of hydrogen-bond donors (Lipinski definition) is 3. The Kier molecular flexibility index (Phi) is 4.60. The fraction of sp³-hybridized carbons (Fsp3) is 0.545. The van der Waals surface area contributed by atoms with Crippen LogP contribution in [-0.2, 0) is 0 Å². The average molecular weight is 335 g/mol. The second-order valence-corrected chi connectivity index (χ2v) is 6.52. The maximum atomic E-state index is 11.9. The molecule has 5 nitrogen and oxygen atoms in total. The summed E-state index contributed by atoms with van der Waals surface area (Å²) in [5, 5.41) is 15.5. The molecule has 0 aliphatic carbocycles. The van der Waals surface area contributed by atoms with Crippen LogP contribution in [-0.4, -0.2) is 43.9 Å². The molecular weight excluding hydrogens is 320 g/mol. The van der Waals surface area contributed by atoms with E-state index >= 15 is 0 Å². The maximum absolute atomic E-state index is 11.9. The third kappa shape index (κ3) is 3.03. The van der Waals surface area contributed by atoms with E-state index < -0.39 is 0 Å². The van der Waals surface area contributed by atoms with E-state index in [-0.39, 0.29) is 17.9 Å². The summed E-state index contributed by atoms with van der Waals surface area (Å²) in [4.78, 5) is 12.5. The largest absolute Gasteiger partial charge is 0.495 e. The minimum Gasteiger partial charge on any atom is -0.495 e. The lowest BCUT2D eigenvalue weighted by Gasteiger charge is -2.13. The Morgan fingerprint density at radius 2 is 2.50 bits per heavy atom. The van der Waals surface area contributed by atoms with Crippen molar-refractivity contribution in [3.8, 4) is 5.75 Å². The highest BCUT2D eigenvalue weighted by Gasteiger charge is 2.25. The minimum absolute atomic E-state index is 0.0826. The van der Waals surface area contributed by atoms with Crippen LogP contribution in [0.25, 0.3) is 0 Å². The fourth-order valence-electron chi connectivity index (χ4n) is 1.84. The van der Waals surface area contributed by atoms with Crippen molar-refractivity contribution >= 4 is 33.2 Å². The summed E-state index contributed by atoms with van der Waals surface area (Å²) >= 11 is 4.67. The fourth-order valence-corrected chi connectivity index (χ4v) is 3.41. The van der Waals surface area contributed by atoms with Gasteiger partial charge < -0.3 is 20.5 Å². The normalized spacial score (nSPS) is 23.1. The third-order valence-electron chi connectivity index (χ3n) is 2.93. The molecule has 3 N–H and O–H groups in total. The zero-order valence-electron chi connectivity index (χ0n) is 9.90. The minimum atomic E-state index is -0.380. The van der Waals surface area contributed by atoms with Gasteiger partial charge in [0.2, 0.25) is 0 Å². The molecule has 7 heteroatoms. The molecular formula is C11H15BrN2O3S. The molecule has 0 aromatic carbocycles. The first kappa shape index (κ1) is 13.8. The van der Waals surface area contributed by atoms with Gasteiger partial charge in [-0.3, -0.25) is 4.79 Å². The van der Waals surface area contributed by atoms with Gasteiger partial charge in [-0.1, -0.05) is 0 Å². The number of methoxy groups -OCH3 is 1. The van der Waals surface area contributed by atoms with E-state index in [1.807, 2.05) is 0 Å². The Labute approximate surface area is 118 Å². The number of thiophene rings is 1. The highest BCUT2D eigenvalue weighted by Crippen LogP contribution is 2.34. The van der Waals surface area contributed by atoms with E-state index in [0.717, 1.165) is 10.3 Å². The van der Waals surface area contributed by atoms with Gasteiger partial charge in [0.1, 0.15) is 9.54 Å². The average Bonchev–Trinajstić information content (AvgIpc) is 2.92. The number of rotatable bonds is 4. The molecule has 0 radical (unpaired) electrons. The molecule has 18 heavy (non-hydrogen) atoms. The van der Waals surface area contributed by atoms with Crippen molar-refractivity contribution in [3.63, 3.8) is 0 Å². The lowest BCUT2D eigenvalue weighted by molar-refractivity contribution is 0.0931. The van der Waals surface area contributed by atoms with E-state index in [2.05, 4.69) is 26.6 Å². The maximum Gasteiger partial charge on any atom is 0.261 e. The monoisotopic (exact) mass is 334 g/mol. The van der Waals surface area contributed by atoms with Gasteiger partial charge in [0.25, 0.3) is 5.91 Å². The molecule has 1 fully saturated rings. The number of amides is 1. The molecule has 1 aromatic heterocycles. The van der Waals surface area contributed by atoms with Crippen LogP contribution in [0.3, 0.4) is 0 Å². The van der Waals surface area contributed by atoms with E-state index in [1.54, 1.807) is 13.2 Å². The summed E-state index contributed by atoms with van der Waals surface area (Å²) in [6.07, 6.45) is -0.380. The second kappa shape index (κ2) is 6.01. The molecule has 0 spiro atoms. The van der Waals surface area contributed by atoms with Crippen molar-refractivity contribution in [2.24, 2.45) is 5.92 Å². The number of nitrogens with one attached hydrogen (secondary N) is 2. The van der Waals surface area contributed by atoms with E-state index in [9.17, 15) is 9.90 Å². The van der Waals surface area contributed by atoms with Gasteiger partial charge in [-0.25, -0.2) is 0 Å². The summed E-state index contributed by atoms with van der Waals surface area (Å²) in [6.45, 7) is 1.81. The highest BCUT2D eigenvalue weighted by molar-refractivity contribution is 9.11. The summed E-state index contributed by atoms with van der Waals surface area (Å²) in [5.41, 5.74) is 0. The van der Waals surface area contributed by atoms with Crippen molar-refractivity contribution < 1.29 is 14.6 Å². The van der Waals surface area contributed by atoms with Gasteiger partial charge in [-0.2, -0.15) is 0 Å². The SMILES string of the molecule is COc1cc(C(=O)NCC2CNCC2O)sc1Br. The highest BCUT2D eigenvalue weighted by atomic mass is 79.9. The lowest BCUT2D eigenvalue weighted by Crippen LogP contribution is -2.34. The van der Waals surface area contributed by atoms with Crippen molar-refractivity contribution in [2.75, 3.05) is 26.7 Å². The standard InChI is InChI=1S/C11H15BrN2O3S/c1-17-8-2-9(18-10(8)12)11(16)14-4-6-3-13-5-7(6)15/h2,6-7,13,15H,3-5H2,1H3,(H,14,16). The first-order valence-corrected chi connectivity index (χ1v) is 7.23. The van der Waals surface area contributed by atoms with Crippen molar-refractivity contribution in [1.82, 2.24) is 10.6 Å². The Bertz CT molecular complexity index is 438. The summed E-state index contributed by atoms with van der Waals surface area (Å²) in [7, 11) is 1.56. The Morgan fingerprint density at radius 3 is 3.06 bits per heavy atom. The molecule has 1 aromatic rings. The van der Waals surface area contributed by atoms with Crippen LogP contribution in [0.5, 0.6) is 5.75 Å². The lowest BCUT2D eigenvalue weighted by atomic mass is 10.1.